The van der Waals surface area contributed by atoms with Crippen molar-refractivity contribution < 1.29 is 19.1 Å². The van der Waals surface area contributed by atoms with E-state index in [9.17, 15) is 10.2 Å². The van der Waals surface area contributed by atoms with Gasteiger partial charge in [-0.15, -0.1) is 0 Å². The Balaban J connectivity index is 1.55. The highest BCUT2D eigenvalue weighted by molar-refractivity contribution is 6.74. The Kier molecular flexibility index (Phi) is 5.59. The molecule has 8 heteroatoms. The summed E-state index contributed by atoms with van der Waals surface area (Å²) >= 11 is 0. The van der Waals surface area contributed by atoms with Crippen LogP contribution in [0, 0.1) is 0 Å². The van der Waals surface area contributed by atoms with Crippen LogP contribution in [0.25, 0.3) is 0 Å². The molecule has 164 valence electrons. The summed E-state index contributed by atoms with van der Waals surface area (Å²) in [5.41, 5.74) is 0. The second-order valence-electron chi connectivity index (χ2n) is 12.0. The molecule has 3 aliphatic heterocycles. The van der Waals surface area contributed by atoms with Crippen molar-refractivity contribution in [2.75, 3.05) is 13.2 Å². The van der Waals surface area contributed by atoms with Crippen LogP contribution < -0.4 is 0 Å². The van der Waals surface area contributed by atoms with E-state index in [2.05, 4.69) is 67.7 Å². The monoisotopic (exact) mass is 430 g/mol. The molecule has 3 rings (SSSR count). The van der Waals surface area contributed by atoms with E-state index in [0.29, 0.717) is 13.2 Å². The first-order chi connectivity index (χ1) is 12.5. The fourth-order valence-corrected chi connectivity index (χ4v) is 5.87. The lowest BCUT2D eigenvalue weighted by Crippen LogP contribution is -2.42. The lowest BCUT2D eigenvalue weighted by Gasteiger charge is -2.36. The summed E-state index contributed by atoms with van der Waals surface area (Å²) < 4.78 is 12.7. The first kappa shape index (κ1) is 22.9. The lowest BCUT2D eigenvalue weighted by molar-refractivity contribution is -0.0382. The number of hydrogen-bond donors (Lipinski definition) is 2. The Bertz CT molecular complexity index is 530. The minimum absolute atomic E-state index is 0.0195. The van der Waals surface area contributed by atoms with Gasteiger partial charge >= 0.3 is 0 Å². The smallest absolute Gasteiger partial charge is 0.192 e. The average Bonchev–Trinajstić information content (AvgIpc) is 3.39. The van der Waals surface area contributed by atoms with Crippen LogP contribution in [-0.4, -0.2) is 86.5 Å². The maximum atomic E-state index is 10.9. The average molecular weight is 431 g/mol. The number of nitrogens with zero attached hydrogens (tertiary/aromatic N) is 2. The van der Waals surface area contributed by atoms with Crippen molar-refractivity contribution in [1.29, 1.82) is 0 Å². The van der Waals surface area contributed by atoms with Gasteiger partial charge in [0.15, 0.2) is 16.6 Å². The van der Waals surface area contributed by atoms with Crippen LogP contribution in [0.1, 0.15) is 41.5 Å². The van der Waals surface area contributed by atoms with Crippen LogP contribution in [-0.2, 0) is 8.85 Å². The van der Waals surface area contributed by atoms with Crippen LogP contribution in [0.5, 0.6) is 0 Å². The molecule has 8 atom stereocenters. The van der Waals surface area contributed by atoms with Crippen LogP contribution >= 0.6 is 0 Å². The highest BCUT2D eigenvalue weighted by atomic mass is 28.4. The number of rotatable bonds is 6. The molecule has 0 aromatic rings. The van der Waals surface area contributed by atoms with Crippen molar-refractivity contribution in [2.24, 2.45) is 0 Å². The zero-order valence-corrected chi connectivity index (χ0v) is 21.5. The van der Waals surface area contributed by atoms with E-state index in [4.69, 9.17) is 8.85 Å². The van der Waals surface area contributed by atoms with Gasteiger partial charge in [-0.25, -0.2) is 0 Å². The first-order valence-corrected chi connectivity index (χ1v) is 16.5. The summed E-state index contributed by atoms with van der Waals surface area (Å²) in [6, 6.07) is 0.200. The van der Waals surface area contributed by atoms with E-state index in [1.165, 1.54) is 0 Å². The molecular weight excluding hydrogens is 388 g/mol. The molecule has 3 aliphatic rings. The molecule has 3 fully saturated rings. The van der Waals surface area contributed by atoms with Crippen LogP contribution in [0.3, 0.4) is 0 Å². The Morgan fingerprint density at radius 2 is 0.964 bits per heavy atom. The molecule has 0 saturated carbocycles. The third-order valence-electron chi connectivity index (χ3n) is 8.13. The van der Waals surface area contributed by atoms with Gasteiger partial charge in [0.2, 0.25) is 0 Å². The minimum Gasteiger partial charge on any atom is -0.415 e. The van der Waals surface area contributed by atoms with Crippen molar-refractivity contribution in [3.8, 4) is 0 Å². The summed E-state index contributed by atoms with van der Waals surface area (Å²) in [7, 11) is -3.65. The lowest BCUT2D eigenvalue weighted by atomic mass is 10.2. The highest BCUT2D eigenvalue weighted by Crippen LogP contribution is 2.51. The molecule has 0 bridgehead atoms. The normalized spacial score (nSPS) is 40.7. The summed E-state index contributed by atoms with van der Waals surface area (Å²) in [4.78, 5) is 4.09. The van der Waals surface area contributed by atoms with Gasteiger partial charge in [0, 0.05) is 0 Å². The maximum Gasteiger partial charge on any atom is 0.192 e. The number of piperazine rings is 1. The van der Waals surface area contributed by atoms with Crippen molar-refractivity contribution >= 4 is 16.6 Å². The fraction of sp³-hybridized carbons (Fsp3) is 1.00. The summed E-state index contributed by atoms with van der Waals surface area (Å²) in [6.07, 6.45) is -1.07. The SMILES string of the molecule is CC(C)(C)[Si](C)(C)OC[C@@H]1[C@@H]2[C@H](O)N3[C@H]([C@@H](O)N21)[C@H]3CO[Si](C)(C)C(C)(C)C. The molecule has 3 saturated heterocycles. The van der Waals surface area contributed by atoms with E-state index in [-0.39, 0.29) is 34.2 Å². The van der Waals surface area contributed by atoms with E-state index < -0.39 is 29.1 Å². The van der Waals surface area contributed by atoms with Gasteiger partial charge in [0.1, 0.15) is 12.5 Å². The largest absolute Gasteiger partial charge is 0.415 e. The zero-order chi connectivity index (χ0) is 21.4. The van der Waals surface area contributed by atoms with Gasteiger partial charge < -0.3 is 19.1 Å². The molecule has 6 nitrogen and oxygen atoms in total. The van der Waals surface area contributed by atoms with Gasteiger partial charge in [-0.2, -0.15) is 0 Å². The van der Waals surface area contributed by atoms with Crippen LogP contribution in [0.2, 0.25) is 36.3 Å². The van der Waals surface area contributed by atoms with Gasteiger partial charge in [-0.3, -0.25) is 9.80 Å². The van der Waals surface area contributed by atoms with Gasteiger partial charge in [0.05, 0.1) is 37.4 Å². The molecule has 0 radical (unpaired) electrons. The Morgan fingerprint density at radius 3 is 1.21 bits per heavy atom. The van der Waals surface area contributed by atoms with Crippen LogP contribution in [0.4, 0.5) is 0 Å². The molecule has 3 heterocycles. The summed E-state index contributed by atoms with van der Waals surface area (Å²) in [5.74, 6) is 0. The Morgan fingerprint density at radius 1 is 0.679 bits per heavy atom. The molecule has 2 N–H and O–H groups in total. The van der Waals surface area contributed by atoms with Gasteiger partial charge in [-0.05, 0) is 36.3 Å². The molecule has 0 aromatic heterocycles. The summed E-state index contributed by atoms with van der Waals surface area (Å²) in [6.45, 7) is 23.6. The topological polar surface area (TPSA) is 64.9 Å². The minimum atomic E-state index is -1.83. The molecule has 2 unspecified atom stereocenters. The van der Waals surface area contributed by atoms with E-state index >= 15 is 0 Å². The quantitative estimate of drug-likeness (QED) is 0.499. The third-order valence-corrected chi connectivity index (χ3v) is 17.1. The molecule has 0 spiro atoms. The highest BCUT2D eigenvalue weighted by Gasteiger charge is 2.72. The van der Waals surface area contributed by atoms with Crippen molar-refractivity contribution in [3.05, 3.63) is 0 Å². The zero-order valence-electron chi connectivity index (χ0n) is 19.5. The number of aliphatic hydroxyl groups excluding tert-OH is 2. The fourth-order valence-electron chi connectivity index (χ4n) is 3.83. The van der Waals surface area contributed by atoms with E-state index in [1.807, 2.05) is 9.80 Å². The Labute approximate surface area is 173 Å². The molecule has 0 aliphatic carbocycles. The molecular formula is C20H42N2O4Si2. The third kappa shape index (κ3) is 3.79. The predicted molar refractivity (Wildman–Crippen MR) is 117 cm³/mol. The van der Waals surface area contributed by atoms with Gasteiger partial charge in [0.25, 0.3) is 0 Å². The maximum absolute atomic E-state index is 10.9. The predicted octanol–water partition coefficient (Wildman–Crippen LogP) is 2.79. The summed E-state index contributed by atoms with van der Waals surface area (Å²) in [5, 5.41) is 22.0. The van der Waals surface area contributed by atoms with Gasteiger partial charge in [-0.1, -0.05) is 41.5 Å². The van der Waals surface area contributed by atoms with Crippen LogP contribution in [0.15, 0.2) is 0 Å². The van der Waals surface area contributed by atoms with Crippen molar-refractivity contribution in [3.63, 3.8) is 0 Å². The second-order valence-corrected chi connectivity index (χ2v) is 21.6. The standard InChI is InChI=1S/C20H42N2O4Si2/c1-19(2,3)27(7,8)25-11-13-15-17(23)22-14(16(22)18(24)21(13)15)12-26-28(9,10)20(4,5)6/h13-18,23-24H,11-12H2,1-10H3/t13-,14-,15-,16+,17+,18-,21?,22?/m1/s1. The molecule has 28 heavy (non-hydrogen) atoms. The van der Waals surface area contributed by atoms with E-state index in [0.717, 1.165) is 0 Å². The number of aliphatic hydroxyl groups is 2. The first-order valence-electron chi connectivity index (χ1n) is 10.7. The number of fused-ring (bicyclic) bond motifs is 2. The van der Waals surface area contributed by atoms with Crippen molar-refractivity contribution in [2.45, 2.75) is 114 Å². The Hall–Kier alpha value is 0.194. The number of hydrogen-bond acceptors (Lipinski definition) is 6. The second kappa shape index (κ2) is 6.85. The van der Waals surface area contributed by atoms with E-state index in [1.54, 1.807) is 0 Å². The van der Waals surface area contributed by atoms with Crippen molar-refractivity contribution in [1.82, 2.24) is 9.80 Å². The molecule has 0 aromatic carbocycles. The molecule has 0 amide bonds.